The van der Waals surface area contributed by atoms with Crippen LogP contribution in [0.15, 0.2) is 0 Å². The summed E-state index contributed by atoms with van der Waals surface area (Å²) in [5.74, 6) is 7.52. The Morgan fingerprint density at radius 1 is 1.19 bits per heavy atom. The predicted molar refractivity (Wildman–Crippen MR) is 84.5 cm³/mol. The lowest BCUT2D eigenvalue weighted by Gasteiger charge is -2.13. The number of sulfonamides is 1. The van der Waals surface area contributed by atoms with E-state index in [-0.39, 0.29) is 0 Å². The molecular formula is C12H24N6O2S. The van der Waals surface area contributed by atoms with Crippen LogP contribution in [0, 0.1) is 6.92 Å². The van der Waals surface area contributed by atoms with E-state index in [0.717, 1.165) is 36.3 Å². The first-order valence-electron chi connectivity index (χ1n) is 6.90. The molecule has 5 N–H and O–H groups in total. The number of nitrogens with zero attached hydrogens (tertiary/aromatic N) is 2. The van der Waals surface area contributed by atoms with Crippen LogP contribution in [0.1, 0.15) is 31.2 Å². The van der Waals surface area contributed by atoms with Crippen LogP contribution in [0.2, 0.25) is 0 Å². The summed E-state index contributed by atoms with van der Waals surface area (Å²) in [7, 11) is -3.13. The van der Waals surface area contributed by atoms with Crippen molar-refractivity contribution in [2.75, 3.05) is 30.1 Å². The standard InChI is InChI=1S/C12H24N6O2S/c1-4-6-10-16-11(9(2)12(17-10)18-13)14-7-5-8-15-21(3,19)20/h15H,4-8,13H2,1-3H3,(H2,14,16,17,18). The Labute approximate surface area is 126 Å². The summed E-state index contributed by atoms with van der Waals surface area (Å²) in [6.45, 7) is 4.93. The van der Waals surface area contributed by atoms with Crippen LogP contribution in [0.3, 0.4) is 0 Å². The second-order valence-corrected chi connectivity index (χ2v) is 6.64. The minimum absolute atomic E-state index is 0.389. The van der Waals surface area contributed by atoms with Crippen molar-refractivity contribution in [1.82, 2.24) is 14.7 Å². The molecule has 1 rings (SSSR count). The topological polar surface area (TPSA) is 122 Å². The smallest absolute Gasteiger partial charge is 0.208 e. The first-order valence-corrected chi connectivity index (χ1v) is 8.79. The van der Waals surface area contributed by atoms with E-state index >= 15 is 0 Å². The molecule has 0 aromatic carbocycles. The zero-order valence-corrected chi connectivity index (χ0v) is 13.5. The third-order valence-corrected chi connectivity index (χ3v) is 3.54. The average Bonchev–Trinajstić information content (AvgIpc) is 2.40. The van der Waals surface area contributed by atoms with Crippen LogP contribution < -0.4 is 21.3 Å². The SMILES string of the molecule is CCCc1nc(NN)c(C)c(NCCCNS(C)(=O)=O)n1. The molecule has 1 heterocycles. The molecule has 120 valence electrons. The Balaban J connectivity index is 2.63. The largest absolute Gasteiger partial charge is 0.370 e. The molecule has 0 bridgehead atoms. The molecule has 0 aliphatic carbocycles. The Bertz CT molecular complexity index is 561. The second-order valence-electron chi connectivity index (χ2n) is 4.80. The first-order chi connectivity index (χ1) is 9.87. The molecule has 1 aromatic heterocycles. The lowest BCUT2D eigenvalue weighted by atomic mass is 10.2. The molecule has 21 heavy (non-hydrogen) atoms. The van der Waals surface area contributed by atoms with Gasteiger partial charge in [-0.25, -0.2) is 29.0 Å². The van der Waals surface area contributed by atoms with Gasteiger partial charge in [-0.1, -0.05) is 6.92 Å². The van der Waals surface area contributed by atoms with Gasteiger partial charge >= 0.3 is 0 Å². The maximum Gasteiger partial charge on any atom is 0.208 e. The zero-order valence-electron chi connectivity index (χ0n) is 12.7. The third-order valence-electron chi connectivity index (χ3n) is 2.81. The second kappa shape index (κ2) is 8.11. The number of nitrogen functional groups attached to an aromatic ring is 1. The van der Waals surface area contributed by atoms with Gasteiger partial charge in [0.25, 0.3) is 0 Å². The number of aryl methyl sites for hydroxylation is 1. The summed E-state index contributed by atoms with van der Waals surface area (Å²) >= 11 is 0. The van der Waals surface area contributed by atoms with Crippen LogP contribution in [0.25, 0.3) is 0 Å². The highest BCUT2D eigenvalue weighted by atomic mass is 32.2. The van der Waals surface area contributed by atoms with E-state index in [1.807, 2.05) is 6.92 Å². The van der Waals surface area contributed by atoms with E-state index in [1.54, 1.807) is 0 Å². The van der Waals surface area contributed by atoms with Crippen molar-refractivity contribution in [3.63, 3.8) is 0 Å². The molecule has 0 aliphatic heterocycles. The Morgan fingerprint density at radius 3 is 2.43 bits per heavy atom. The molecule has 8 nitrogen and oxygen atoms in total. The van der Waals surface area contributed by atoms with Gasteiger partial charge in [-0.05, 0) is 19.8 Å². The van der Waals surface area contributed by atoms with Crippen molar-refractivity contribution in [3.05, 3.63) is 11.4 Å². The Kier molecular flexibility index (Phi) is 6.79. The van der Waals surface area contributed by atoms with E-state index in [0.29, 0.717) is 25.3 Å². The molecule has 0 aliphatic rings. The van der Waals surface area contributed by atoms with Crippen LogP contribution in [-0.2, 0) is 16.4 Å². The summed E-state index contributed by atoms with van der Waals surface area (Å²) in [4.78, 5) is 8.80. The van der Waals surface area contributed by atoms with Crippen LogP contribution in [-0.4, -0.2) is 37.7 Å². The van der Waals surface area contributed by atoms with Crippen molar-refractivity contribution in [2.24, 2.45) is 5.84 Å². The van der Waals surface area contributed by atoms with Crippen LogP contribution in [0.5, 0.6) is 0 Å². The van der Waals surface area contributed by atoms with E-state index in [4.69, 9.17) is 5.84 Å². The van der Waals surface area contributed by atoms with Gasteiger partial charge in [0.15, 0.2) is 0 Å². The summed E-state index contributed by atoms with van der Waals surface area (Å²) in [5.41, 5.74) is 3.41. The molecule has 0 radical (unpaired) electrons. The minimum Gasteiger partial charge on any atom is -0.370 e. The van der Waals surface area contributed by atoms with Crippen molar-refractivity contribution < 1.29 is 8.42 Å². The number of rotatable bonds is 9. The monoisotopic (exact) mass is 316 g/mol. The lowest BCUT2D eigenvalue weighted by molar-refractivity contribution is 0.586. The van der Waals surface area contributed by atoms with Gasteiger partial charge in [0, 0.05) is 25.1 Å². The highest BCUT2D eigenvalue weighted by Crippen LogP contribution is 2.19. The molecule has 0 unspecified atom stereocenters. The maximum absolute atomic E-state index is 10.9. The van der Waals surface area contributed by atoms with Crippen LogP contribution in [0.4, 0.5) is 11.6 Å². The van der Waals surface area contributed by atoms with Gasteiger partial charge in [-0.2, -0.15) is 0 Å². The van der Waals surface area contributed by atoms with Crippen molar-refractivity contribution in [1.29, 1.82) is 0 Å². The summed E-state index contributed by atoms with van der Waals surface area (Å²) < 4.78 is 24.3. The number of hydrazine groups is 1. The molecule has 9 heteroatoms. The number of aromatic nitrogens is 2. The Morgan fingerprint density at radius 2 is 1.86 bits per heavy atom. The molecule has 0 fully saturated rings. The zero-order chi connectivity index (χ0) is 15.9. The van der Waals surface area contributed by atoms with Gasteiger partial charge in [0.1, 0.15) is 17.5 Å². The van der Waals surface area contributed by atoms with Crippen molar-refractivity contribution in [3.8, 4) is 0 Å². The van der Waals surface area contributed by atoms with Gasteiger partial charge in [0.2, 0.25) is 10.0 Å². The van der Waals surface area contributed by atoms with Gasteiger partial charge in [-0.15, -0.1) is 0 Å². The molecule has 0 amide bonds. The molecular weight excluding hydrogens is 292 g/mol. The third kappa shape index (κ3) is 6.23. The maximum atomic E-state index is 10.9. The van der Waals surface area contributed by atoms with E-state index in [1.165, 1.54) is 0 Å². The fraction of sp³-hybridized carbons (Fsp3) is 0.667. The summed E-state index contributed by atoms with van der Waals surface area (Å²) in [6, 6.07) is 0. The summed E-state index contributed by atoms with van der Waals surface area (Å²) in [5, 5.41) is 3.19. The highest BCUT2D eigenvalue weighted by molar-refractivity contribution is 7.88. The van der Waals surface area contributed by atoms with Crippen molar-refractivity contribution in [2.45, 2.75) is 33.1 Å². The predicted octanol–water partition coefficient (Wildman–Crippen LogP) is 0.374. The van der Waals surface area contributed by atoms with E-state index in [9.17, 15) is 8.42 Å². The molecule has 0 spiro atoms. The number of hydrogen-bond acceptors (Lipinski definition) is 7. The molecule has 1 aromatic rings. The fourth-order valence-corrected chi connectivity index (χ4v) is 2.28. The lowest BCUT2D eigenvalue weighted by Crippen LogP contribution is -2.24. The highest BCUT2D eigenvalue weighted by Gasteiger charge is 2.09. The quantitative estimate of drug-likeness (QED) is 0.295. The normalized spacial score (nSPS) is 11.4. The fourth-order valence-electron chi connectivity index (χ4n) is 1.76. The number of nitrogens with two attached hydrogens (primary N) is 1. The minimum atomic E-state index is -3.13. The Hall–Kier alpha value is -1.45. The molecule has 0 atom stereocenters. The van der Waals surface area contributed by atoms with E-state index < -0.39 is 10.0 Å². The number of hydrogen-bond donors (Lipinski definition) is 4. The van der Waals surface area contributed by atoms with Gasteiger partial charge < -0.3 is 10.7 Å². The van der Waals surface area contributed by atoms with Crippen molar-refractivity contribution >= 4 is 21.7 Å². The van der Waals surface area contributed by atoms with Gasteiger partial charge in [-0.3, -0.25) is 0 Å². The molecule has 0 saturated carbocycles. The average molecular weight is 316 g/mol. The van der Waals surface area contributed by atoms with E-state index in [2.05, 4.69) is 32.4 Å². The number of nitrogens with one attached hydrogen (secondary N) is 3. The van der Waals surface area contributed by atoms with Gasteiger partial charge in [0.05, 0.1) is 6.26 Å². The first kappa shape index (κ1) is 17.6. The van der Waals surface area contributed by atoms with Crippen LogP contribution >= 0.6 is 0 Å². The number of anilines is 2. The molecule has 0 saturated heterocycles. The summed E-state index contributed by atoms with van der Waals surface area (Å²) in [6.07, 6.45) is 3.53.